The van der Waals surface area contributed by atoms with Gasteiger partial charge in [-0.25, -0.2) is 4.31 Å². The van der Waals surface area contributed by atoms with Crippen LogP contribution < -0.4 is 10.6 Å². The lowest BCUT2D eigenvalue weighted by Crippen LogP contribution is -2.05. The molecule has 0 bridgehead atoms. The van der Waals surface area contributed by atoms with Gasteiger partial charge in [0.2, 0.25) is 8.03 Å². The Hall–Kier alpha value is -1.18. The van der Waals surface area contributed by atoms with Gasteiger partial charge in [-0.3, -0.25) is 9.13 Å². The Morgan fingerprint density at radius 1 is 0.944 bits per heavy atom. The van der Waals surface area contributed by atoms with Gasteiger partial charge in [-0.15, -0.1) is 0 Å². The third-order valence-electron chi connectivity index (χ3n) is 2.30. The van der Waals surface area contributed by atoms with Gasteiger partial charge in [-0.1, -0.05) is 36.4 Å². The largest absolute Gasteiger partial charge is 0.364 e. The van der Waals surface area contributed by atoms with Gasteiger partial charge in [-0.05, 0) is 24.3 Å². The van der Waals surface area contributed by atoms with Gasteiger partial charge in [-0.2, -0.15) is 0 Å². The molecule has 94 valence electrons. The fourth-order valence-corrected chi connectivity index (χ4v) is 4.16. The molecule has 0 saturated carbocycles. The summed E-state index contributed by atoms with van der Waals surface area (Å²) in [5.74, 6) is 0. The zero-order valence-electron chi connectivity index (χ0n) is 9.39. The molecule has 0 spiro atoms. The average molecular weight is 282 g/mol. The van der Waals surface area contributed by atoms with Crippen LogP contribution in [0.5, 0.6) is 0 Å². The normalized spacial score (nSPS) is 15.8. The predicted molar refractivity (Wildman–Crippen MR) is 72.1 cm³/mol. The third-order valence-corrected chi connectivity index (χ3v) is 5.71. The van der Waals surface area contributed by atoms with Crippen molar-refractivity contribution < 1.29 is 18.3 Å². The monoisotopic (exact) mass is 282 g/mol. The van der Waals surface area contributed by atoms with Crippen LogP contribution in [-0.4, -0.2) is 4.89 Å². The molecule has 1 N–H and O–H groups in total. The number of hydrogen-bond acceptors (Lipinski definition) is 3. The maximum absolute atomic E-state index is 12.0. The third kappa shape index (κ3) is 3.18. The molecule has 0 aliphatic heterocycles. The van der Waals surface area contributed by atoms with Gasteiger partial charge in [0, 0.05) is 5.30 Å². The molecule has 0 radical (unpaired) electrons. The average Bonchev–Trinajstić information content (AvgIpc) is 2.40. The SMILES string of the molecule is O=[PH](OP(=O)(O)c1ccccc1)c1ccccc1. The van der Waals surface area contributed by atoms with Gasteiger partial charge in [0.15, 0.2) is 0 Å². The standard InChI is InChI=1S/C12H12O4P2/c13-17(11-7-3-1-4-8-11)16-18(14,15)12-9-5-2-6-10-12/h1-10,17H,(H,14,15). The zero-order chi connectivity index (χ0) is 13.0. The fraction of sp³-hybridized carbons (Fsp3) is 0. The lowest BCUT2D eigenvalue weighted by atomic mass is 10.4. The zero-order valence-corrected chi connectivity index (χ0v) is 11.3. The van der Waals surface area contributed by atoms with Crippen LogP contribution in [0.25, 0.3) is 0 Å². The molecule has 0 saturated heterocycles. The Morgan fingerprint density at radius 2 is 1.44 bits per heavy atom. The molecule has 2 unspecified atom stereocenters. The van der Waals surface area contributed by atoms with Gasteiger partial charge in [0.1, 0.15) is 0 Å². The first kappa shape index (κ1) is 13.3. The number of rotatable bonds is 4. The highest BCUT2D eigenvalue weighted by Gasteiger charge is 2.25. The van der Waals surface area contributed by atoms with Crippen molar-refractivity contribution in [1.82, 2.24) is 0 Å². The van der Waals surface area contributed by atoms with E-state index in [-0.39, 0.29) is 5.30 Å². The van der Waals surface area contributed by atoms with Crippen molar-refractivity contribution in [3.63, 3.8) is 0 Å². The Balaban J connectivity index is 2.19. The summed E-state index contributed by atoms with van der Waals surface area (Å²) < 4.78 is 28.7. The maximum Gasteiger partial charge on any atom is 0.364 e. The lowest BCUT2D eigenvalue weighted by Gasteiger charge is -2.11. The van der Waals surface area contributed by atoms with Crippen molar-refractivity contribution in [2.24, 2.45) is 0 Å². The van der Waals surface area contributed by atoms with E-state index in [0.29, 0.717) is 5.30 Å². The van der Waals surface area contributed by atoms with Crippen molar-refractivity contribution in [2.45, 2.75) is 0 Å². The summed E-state index contributed by atoms with van der Waals surface area (Å²) in [6.07, 6.45) is 0. The second-order valence-corrected chi connectivity index (χ2v) is 7.04. The second kappa shape index (κ2) is 5.64. The molecular formula is C12H12O4P2. The van der Waals surface area contributed by atoms with E-state index in [1.54, 1.807) is 48.5 Å². The molecule has 2 aromatic carbocycles. The highest BCUT2D eigenvalue weighted by molar-refractivity contribution is 7.69. The minimum Gasteiger partial charge on any atom is -0.321 e. The van der Waals surface area contributed by atoms with Crippen LogP contribution in [0.2, 0.25) is 0 Å². The molecule has 0 aliphatic rings. The van der Waals surface area contributed by atoms with Gasteiger partial charge in [0.05, 0.1) is 5.30 Å². The van der Waals surface area contributed by atoms with E-state index in [4.69, 9.17) is 4.31 Å². The first-order valence-corrected chi connectivity index (χ1v) is 8.16. The van der Waals surface area contributed by atoms with Crippen molar-refractivity contribution >= 4 is 26.2 Å². The van der Waals surface area contributed by atoms with Crippen LogP contribution in [0.3, 0.4) is 0 Å². The molecule has 0 aromatic heterocycles. The van der Waals surface area contributed by atoms with Crippen LogP contribution in [-0.2, 0) is 13.4 Å². The molecule has 0 amide bonds. The van der Waals surface area contributed by atoms with E-state index in [1.807, 2.05) is 0 Å². The van der Waals surface area contributed by atoms with Crippen LogP contribution in [0.1, 0.15) is 0 Å². The van der Waals surface area contributed by atoms with E-state index < -0.39 is 15.6 Å². The minimum atomic E-state index is -4.03. The summed E-state index contributed by atoms with van der Waals surface area (Å²) in [6, 6.07) is 16.3. The van der Waals surface area contributed by atoms with Crippen molar-refractivity contribution in [3.8, 4) is 0 Å². The van der Waals surface area contributed by atoms with Crippen LogP contribution in [0, 0.1) is 0 Å². The van der Waals surface area contributed by atoms with Crippen LogP contribution in [0.4, 0.5) is 0 Å². The topological polar surface area (TPSA) is 63.6 Å². The smallest absolute Gasteiger partial charge is 0.321 e. The predicted octanol–water partition coefficient (Wildman–Crippen LogP) is 2.31. The van der Waals surface area contributed by atoms with Gasteiger partial charge in [0.25, 0.3) is 0 Å². The summed E-state index contributed by atoms with van der Waals surface area (Å²) in [4.78, 5) is 9.78. The summed E-state index contributed by atoms with van der Waals surface area (Å²) in [6.45, 7) is 0. The molecular weight excluding hydrogens is 270 g/mol. The number of hydrogen-bond donors (Lipinski definition) is 1. The first-order valence-electron chi connectivity index (χ1n) is 5.27. The van der Waals surface area contributed by atoms with Gasteiger partial charge >= 0.3 is 7.60 Å². The Labute approximate surface area is 106 Å². The molecule has 18 heavy (non-hydrogen) atoms. The molecule has 2 aromatic rings. The van der Waals surface area contributed by atoms with Crippen LogP contribution >= 0.6 is 15.6 Å². The Bertz CT molecular complexity index is 584. The molecule has 0 aliphatic carbocycles. The van der Waals surface area contributed by atoms with Crippen LogP contribution in [0.15, 0.2) is 60.7 Å². The van der Waals surface area contributed by atoms with Gasteiger partial charge < -0.3 is 4.89 Å². The molecule has 2 rings (SSSR count). The maximum atomic E-state index is 12.0. The second-order valence-electron chi connectivity index (χ2n) is 3.60. The summed E-state index contributed by atoms with van der Waals surface area (Å²) in [5, 5.41) is 0.562. The fourth-order valence-electron chi connectivity index (χ4n) is 1.41. The highest BCUT2D eigenvalue weighted by Crippen LogP contribution is 2.49. The first-order chi connectivity index (χ1) is 8.59. The summed E-state index contributed by atoms with van der Waals surface area (Å²) in [5.41, 5.74) is 0. The van der Waals surface area contributed by atoms with E-state index in [2.05, 4.69) is 0 Å². The molecule has 0 fully saturated rings. The Morgan fingerprint density at radius 3 is 2.00 bits per heavy atom. The molecule has 0 heterocycles. The molecule has 6 heteroatoms. The van der Waals surface area contributed by atoms with E-state index >= 15 is 0 Å². The van der Waals surface area contributed by atoms with Crippen molar-refractivity contribution in [1.29, 1.82) is 0 Å². The van der Waals surface area contributed by atoms with Crippen molar-refractivity contribution in [3.05, 3.63) is 60.7 Å². The molecule has 4 nitrogen and oxygen atoms in total. The van der Waals surface area contributed by atoms with E-state index in [9.17, 15) is 14.0 Å². The minimum absolute atomic E-state index is 0.138. The molecule has 2 atom stereocenters. The van der Waals surface area contributed by atoms with Crippen molar-refractivity contribution in [2.75, 3.05) is 0 Å². The van der Waals surface area contributed by atoms with E-state index in [1.165, 1.54) is 12.1 Å². The lowest BCUT2D eigenvalue weighted by molar-refractivity contribution is 0.399. The Kier molecular flexibility index (Phi) is 4.15. The van der Waals surface area contributed by atoms with E-state index in [0.717, 1.165) is 0 Å². The summed E-state index contributed by atoms with van der Waals surface area (Å²) >= 11 is 0. The number of benzene rings is 2. The quantitative estimate of drug-likeness (QED) is 0.874. The highest BCUT2D eigenvalue weighted by atomic mass is 31.2. The summed E-state index contributed by atoms with van der Waals surface area (Å²) in [7, 11) is -6.77.